The van der Waals surface area contributed by atoms with Crippen LogP contribution in [0.5, 0.6) is 17.2 Å². The zero-order chi connectivity index (χ0) is 31.4. The van der Waals surface area contributed by atoms with Crippen LogP contribution >= 0.6 is 23.2 Å². The average molecular weight is 642 g/mol. The summed E-state index contributed by atoms with van der Waals surface area (Å²) in [5.41, 5.74) is 4.56. The van der Waals surface area contributed by atoms with E-state index in [1.807, 2.05) is 50.2 Å². The molecule has 1 N–H and O–H groups in total. The van der Waals surface area contributed by atoms with Gasteiger partial charge in [0.05, 0.1) is 30.4 Å². The number of carbonyl (C=O) groups is 1. The van der Waals surface area contributed by atoms with E-state index in [-0.39, 0.29) is 11.4 Å². The molecule has 3 aromatic rings. The Hall–Kier alpha value is -2.97. The van der Waals surface area contributed by atoms with Gasteiger partial charge in [-0.15, -0.1) is 0 Å². The Balaban J connectivity index is 1.28. The molecule has 9 heteroatoms. The molecule has 2 unspecified atom stereocenters. The van der Waals surface area contributed by atoms with Gasteiger partial charge >= 0.3 is 5.97 Å². The van der Waals surface area contributed by atoms with Crippen molar-refractivity contribution in [3.05, 3.63) is 75.3 Å². The fourth-order valence-electron chi connectivity index (χ4n) is 6.06. The number of hydrogen-bond acceptors (Lipinski definition) is 7. The lowest BCUT2D eigenvalue weighted by Crippen LogP contribution is -2.42. The van der Waals surface area contributed by atoms with E-state index in [1.165, 1.54) is 12.8 Å². The summed E-state index contributed by atoms with van der Waals surface area (Å²) in [7, 11) is 3.77. The van der Waals surface area contributed by atoms with Crippen molar-refractivity contribution >= 4 is 29.2 Å². The molecule has 44 heavy (non-hydrogen) atoms. The number of nitrogens with one attached hydrogen (secondary N) is 1. The van der Waals surface area contributed by atoms with Crippen LogP contribution in [0.3, 0.4) is 0 Å². The highest BCUT2D eigenvalue weighted by molar-refractivity contribution is 6.35. The SMILES string of the molecule is COc1cc(OCc2cccc(-c3cccc(OCC4CCCN(C)C4)c3Cl)c2C)c(Cl)cc1CNC1C(=O)OCC1(C)C. The lowest BCUT2D eigenvalue weighted by molar-refractivity contribution is -0.139. The van der Waals surface area contributed by atoms with E-state index >= 15 is 0 Å². The van der Waals surface area contributed by atoms with Gasteiger partial charge in [0.2, 0.25) is 0 Å². The number of cyclic esters (lactones) is 1. The molecule has 2 fully saturated rings. The number of esters is 1. The van der Waals surface area contributed by atoms with E-state index in [2.05, 4.69) is 30.3 Å². The highest BCUT2D eigenvalue weighted by atomic mass is 35.5. The lowest BCUT2D eigenvalue weighted by Gasteiger charge is -2.29. The molecule has 7 nitrogen and oxygen atoms in total. The predicted octanol–water partition coefficient (Wildman–Crippen LogP) is 7.32. The van der Waals surface area contributed by atoms with E-state index in [9.17, 15) is 4.79 Å². The second-order valence-electron chi connectivity index (χ2n) is 12.6. The van der Waals surface area contributed by atoms with Gasteiger partial charge in [0.15, 0.2) is 0 Å². The molecule has 0 aliphatic carbocycles. The molecule has 2 atom stereocenters. The van der Waals surface area contributed by atoms with Crippen LogP contribution in [0.4, 0.5) is 0 Å². The van der Waals surface area contributed by atoms with Gasteiger partial charge in [-0.1, -0.05) is 67.4 Å². The summed E-state index contributed by atoms with van der Waals surface area (Å²) in [6, 6.07) is 15.3. The van der Waals surface area contributed by atoms with Crippen LogP contribution in [0.15, 0.2) is 48.5 Å². The fourth-order valence-corrected chi connectivity index (χ4v) is 6.59. The molecule has 2 saturated heterocycles. The minimum Gasteiger partial charge on any atom is -0.496 e. The highest BCUT2D eigenvalue weighted by Crippen LogP contribution is 2.39. The van der Waals surface area contributed by atoms with Gasteiger partial charge in [-0.05, 0) is 62.2 Å². The van der Waals surface area contributed by atoms with Gasteiger partial charge in [-0.25, -0.2) is 0 Å². The Morgan fingerprint density at radius 2 is 1.80 bits per heavy atom. The smallest absolute Gasteiger partial charge is 0.323 e. The maximum atomic E-state index is 12.2. The topological polar surface area (TPSA) is 69.3 Å². The number of hydrogen-bond donors (Lipinski definition) is 1. The Labute approximate surface area is 270 Å². The molecule has 0 aromatic heterocycles. The molecule has 2 heterocycles. The molecule has 0 saturated carbocycles. The first-order valence-corrected chi connectivity index (χ1v) is 15.9. The summed E-state index contributed by atoms with van der Waals surface area (Å²) < 4.78 is 23.3. The van der Waals surface area contributed by atoms with Gasteiger partial charge in [0.1, 0.15) is 29.9 Å². The molecule has 5 rings (SSSR count). The minimum atomic E-state index is -0.406. The zero-order valence-corrected chi connectivity index (χ0v) is 27.7. The first-order chi connectivity index (χ1) is 21.1. The Bertz CT molecular complexity index is 1490. The van der Waals surface area contributed by atoms with Crippen LogP contribution in [-0.2, 0) is 22.7 Å². The van der Waals surface area contributed by atoms with Crippen molar-refractivity contribution in [2.75, 3.05) is 40.5 Å². The van der Waals surface area contributed by atoms with Crippen molar-refractivity contribution in [1.29, 1.82) is 0 Å². The number of ether oxygens (including phenoxy) is 4. The second-order valence-corrected chi connectivity index (χ2v) is 13.4. The number of likely N-dealkylation sites (tertiary alicyclic amines) is 1. The summed E-state index contributed by atoms with van der Waals surface area (Å²) in [6.07, 6.45) is 2.37. The molecule has 2 aliphatic rings. The third-order valence-corrected chi connectivity index (χ3v) is 9.40. The van der Waals surface area contributed by atoms with E-state index in [0.29, 0.717) is 59.6 Å². The van der Waals surface area contributed by atoms with Gasteiger partial charge in [0.25, 0.3) is 0 Å². The summed E-state index contributed by atoms with van der Waals surface area (Å²) in [4.78, 5) is 14.6. The van der Waals surface area contributed by atoms with Crippen molar-refractivity contribution in [2.24, 2.45) is 11.3 Å². The molecule has 3 aromatic carbocycles. The summed E-state index contributed by atoms with van der Waals surface area (Å²) in [6.45, 7) is 10.0. The first-order valence-electron chi connectivity index (χ1n) is 15.2. The molecule has 0 spiro atoms. The average Bonchev–Trinajstić information content (AvgIpc) is 3.26. The molecule has 2 aliphatic heterocycles. The molecule has 0 radical (unpaired) electrons. The van der Waals surface area contributed by atoms with Crippen LogP contribution in [0.2, 0.25) is 10.0 Å². The maximum Gasteiger partial charge on any atom is 0.323 e. The maximum absolute atomic E-state index is 12.2. The van der Waals surface area contributed by atoms with Crippen molar-refractivity contribution in [2.45, 2.75) is 52.8 Å². The standard InChI is InChI=1S/C35H42Cl2N2O5/c1-22-24(10-6-11-26(22)27-12-7-13-29(32(27)37)42-19-23-9-8-14-39(4)18-23)20-43-31-16-30(41-5)25(15-28(31)36)17-38-33-34(40)44-21-35(33,2)3/h6-7,10-13,15-16,23,33,38H,8-9,14,17-21H2,1-5H3. The fraction of sp³-hybridized carbons (Fsp3) is 0.457. The number of nitrogens with zero attached hydrogens (tertiary/aromatic N) is 1. The number of rotatable bonds is 11. The van der Waals surface area contributed by atoms with Gasteiger partial charge in [-0.3, -0.25) is 10.1 Å². The van der Waals surface area contributed by atoms with Gasteiger partial charge in [0, 0.05) is 41.6 Å². The predicted molar refractivity (Wildman–Crippen MR) is 175 cm³/mol. The van der Waals surface area contributed by atoms with Gasteiger partial charge in [-0.2, -0.15) is 0 Å². The minimum absolute atomic E-state index is 0.245. The summed E-state index contributed by atoms with van der Waals surface area (Å²) >= 11 is 13.6. The summed E-state index contributed by atoms with van der Waals surface area (Å²) in [5, 5.41) is 4.38. The van der Waals surface area contributed by atoms with Crippen molar-refractivity contribution < 1.29 is 23.7 Å². The first kappa shape index (κ1) is 32.4. The third kappa shape index (κ3) is 7.28. The number of halogens is 2. The molecule has 0 bridgehead atoms. The lowest BCUT2D eigenvalue weighted by atomic mass is 9.87. The van der Waals surface area contributed by atoms with E-state index in [4.69, 9.17) is 42.1 Å². The van der Waals surface area contributed by atoms with Crippen LogP contribution in [-0.4, -0.2) is 57.4 Å². The second kappa shape index (κ2) is 14.0. The molecular weight excluding hydrogens is 599 g/mol. The summed E-state index contributed by atoms with van der Waals surface area (Å²) in [5.74, 6) is 2.10. The van der Waals surface area contributed by atoms with Gasteiger partial charge < -0.3 is 23.8 Å². The number of carbonyl (C=O) groups excluding carboxylic acids is 1. The van der Waals surface area contributed by atoms with Crippen LogP contribution < -0.4 is 19.5 Å². The Morgan fingerprint density at radius 3 is 2.52 bits per heavy atom. The molecular formula is C35H42Cl2N2O5. The van der Waals surface area contributed by atoms with Crippen LogP contribution in [0.1, 0.15) is 43.4 Å². The molecule has 0 amide bonds. The van der Waals surface area contributed by atoms with Crippen molar-refractivity contribution in [3.63, 3.8) is 0 Å². The van der Waals surface area contributed by atoms with Crippen LogP contribution in [0.25, 0.3) is 11.1 Å². The van der Waals surface area contributed by atoms with E-state index < -0.39 is 6.04 Å². The largest absolute Gasteiger partial charge is 0.496 e. The number of piperidine rings is 1. The van der Waals surface area contributed by atoms with Crippen molar-refractivity contribution in [3.8, 4) is 28.4 Å². The third-order valence-electron chi connectivity index (χ3n) is 8.71. The Morgan fingerprint density at radius 1 is 1.02 bits per heavy atom. The molecule has 236 valence electrons. The van der Waals surface area contributed by atoms with Crippen LogP contribution in [0, 0.1) is 18.3 Å². The Kier molecular flexibility index (Phi) is 10.3. The van der Waals surface area contributed by atoms with E-state index in [0.717, 1.165) is 40.9 Å². The van der Waals surface area contributed by atoms with E-state index in [1.54, 1.807) is 13.2 Å². The number of methoxy groups -OCH3 is 1. The monoisotopic (exact) mass is 640 g/mol. The quantitative estimate of drug-likeness (QED) is 0.220. The number of benzene rings is 3. The van der Waals surface area contributed by atoms with Crippen molar-refractivity contribution in [1.82, 2.24) is 10.2 Å². The normalized spacial score (nSPS) is 19.9. The highest BCUT2D eigenvalue weighted by Gasteiger charge is 2.43. The zero-order valence-electron chi connectivity index (χ0n) is 26.2.